The van der Waals surface area contributed by atoms with E-state index in [1.807, 2.05) is 49.4 Å². The van der Waals surface area contributed by atoms with Crippen molar-refractivity contribution >= 4 is 56.5 Å². The van der Waals surface area contributed by atoms with Crippen LogP contribution < -0.4 is 5.32 Å². The fourth-order valence-electron chi connectivity index (χ4n) is 2.59. The molecule has 2 aromatic carbocycles. The normalized spacial score (nSPS) is 16.0. The lowest BCUT2D eigenvalue weighted by molar-refractivity contribution is -0.127. The number of hydrogen-bond donors (Lipinski definition) is 1. The summed E-state index contributed by atoms with van der Waals surface area (Å²) < 4.78 is 0.721. The zero-order valence-electron chi connectivity index (χ0n) is 15.0. The summed E-state index contributed by atoms with van der Waals surface area (Å²) >= 11 is 4.18. The van der Waals surface area contributed by atoms with Crippen LogP contribution in [-0.4, -0.2) is 28.5 Å². The summed E-state index contributed by atoms with van der Waals surface area (Å²) in [5.74, 6) is -0.898. The number of imide groups is 1. The minimum Gasteiger partial charge on any atom is -0.324 e. The van der Waals surface area contributed by atoms with Crippen molar-refractivity contribution in [3.05, 3.63) is 81.2 Å². The number of benzene rings is 2. The van der Waals surface area contributed by atoms with Gasteiger partial charge in [0.15, 0.2) is 0 Å². The molecule has 0 bridgehead atoms. The van der Waals surface area contributed by atoms with Gasteiger partial charge in [0.25, 0.3) is 11.1 Å². The number of para-hydroxylation sites is 1. The van der Waals surface area contributed by atoms with Gasteiger partial charge >= 0.3 is 0 Å². The van der Waals surface area contributed by atoms with Crippen molar-refractivity contribution < 1.29 is 14.4 Å². The molecule has 7 heteroatoms. The molecule has 1 saturated heterocycles. The summed E-state index contributed by atoms with van der Waals surface area (Å²) in [5.41, 5.74) is 2.43. The van der Waals surface area contributed by atoms with Crippen LogP contribution in [0.2, 0.25) is 0 Å². The Kier molecular flexibility index (Phi) is 6.49. The van der Waals surface area contributed by atoms with Crippen LogP contribution >= 0.6 is 27.7 Å². The van der Waals surface area contributed by atoms with Crippen LogP contribution in [0, 0.1) is 0 Å². The molecule has 5 nitrogen and oxygen atoms in total. The number of amides is 3. The zero-order valence-corrected chi connectivity index (χ0v) is 17.4. The molecule has 0 spiro atoms. The van der Waals surface area contributed by atoms with Gasteiger partial charge < -0.3 is 5.32 Å². The van der Waals surface area contributed by atoms with Crippen LogP contribution in [0.3, 0.4) is 0 Å². The fraction of sp³-hybridized carbons (Fsp3) is 0.0952. The van der Waals surface area contributed by atoms with Gasteiger partial charge in [-0.25, -0.2) is 0 Å². The third-order valence-electron chi connectivity index (χ3n) is 3.88. The van der Waals surface area contributed by atoms with E-state index < -0.39 is 17.1 Å². The monoisotopic (exact) mass is 456 g/mol. The molecule has 1 fully saturated rings. The molecule has 1 aliphatic heterocycles. The lowest BCUT2D eigenvalue weighted by Crippen LogP contribution is -2.36. The molecule has 1 aliphatic rings. The highest BCUT2D eigenvalue weighted by Crippen LogP contribution is 2.31. The molecule has 3 amide bonds. The number of thioether (sulfide) groups is 1. The molecule has 3 rings (SSSR count). The molecule has 0 aromatic heterocycles. The molecule has 0 aliphatic carbocycles. The molecular formula is C21H17BrN2O3S. The molecule has 0 radical (unpaired) electrons. The summed E-state index contributed by atoms with van der Waals surface area (Å²) in [7, 11) is 0. The highest BCUT2D eigenvalue weighted by molar-refractivity contribution is 9.10. The highest BCUT2D eigenvalue weighted by Gasteiger charge is 2.36. The van der Waals surface area contributed by atoms with E-state index in [-0.39, 0.29) is 6.54 Å². The van der Waals surface area contributed by atoms with Gasteiger partial charge in [0, 0.05) is 4.47 Å². The van der Waals surface area contributed by atoms with Gasteiger partial charge in [0.1, 0.15) is 6.54 Å². The number of hydrogen-bond acceptors (Lipinski definition) is 4. The minimum atomic E-state index is -0.460. The largest absolute Gasteiger partial charge is 0.324 e. The predicted octanol–water partition coefficient (Wildman–Crippen LogP) is 5.07. The minimum absolute atomic E-state index is 0.309. The fourth-order valence-corrected chi connectivity index (χ4v) is 3.86. The van der Waals surface area contributed by atoms with Gasteiger partial charge in [0.2, 0.25) is 5.91 Å². The molecule has 1 heterocycles. The quantitative estimate of drug-likeness (QED) is 0.637. The second-order valence-electron chi connectivity index (χ2n) is 6.09. The van der Waals surface area contributed by atoms with E-state index in [0.717, 1.165) is 32.3 Å². The van der Waals surface area contributed by atoms with E-state index in [0.29, 0.717) is 10.6 Å². The lowest BCUT2D eigenvalue weighted by Gasteiger charge is -2.13. The van der Waals surface area contributed by atoms with Crippen molar-refractivity contribution in [1.29, 1.82) is 0 Å². The first-order valence-corrected chi connectivity index (χ1v) is 10.1. The van der Waals surface area contributed by atoms with Gasteiger partial charge in [-0.1, -0.05) is 48.5 Å². The van der Waals surface area contributed by atoms with E-state index in [1.54, 1.807) is 24.3 Å². The Labute approximate surface area is 175 Å². The lowest BCUT2D eigenvalue weighted by atomic mass is 10.1. The zero-order chi connectivity index (χ0) is 20.1. The van der Waals surface area contributed by atoms with Crippen LogP contribution in [-0.2, 0) is 9.59 Å². The average molecular weight is 457 g/mol. The Morgan fingerprint density at radius 2 is 1.79 bits per heavy atom. The van der Waals surface area contributed by atoms with Crippen molar-refractivity contribution in [2.75, 3.05) is 11.9 Å². The van der Waals surface area contributed by atoms with E-state index >= 15 is 0 Å². The van der Waals surface area contributed by atoms with E-state index in [1.165, 1.54) is 0 Å². The number of rotatable bonds is 5. The maximum atomic E-state index is 12.6. The molecular weight excluding hydrogens is 440 g/mol. The number of nitrogens with one attached hydrogen (secondary N) is 1. The third-order valence-corrected chi connectivity index (χ3v) is 5.47. The number of anilines is 1. The molecule has 2 aromatic rings. The van der Waals surface area contributed by atoms with Crippen LogP contribution in [0.1, 0.15) is 12.5 Å². The maximum Gasteiger partial charge on any atom is 0.294 e. The van der Waals surface area contributed by atoms with Crippen molar-refractivity contribution in [2.45, 2.75) is 6.92 Å². The molecule has 0 saturated carbocycles. The summed E-state index contributed by atoms with van der Waals surface area (Å²) in [5, 5.41) is 2.24. The summed E-state index contributed by atoms with van der Waals surface area (Å²) in [4.78, 5) is 38.3. The van der Waals surface area contributed by atoms with Crippen molar-refractivity contribution in [3.63, 3.8) is 0 Å². The Morgan fingerprint density at radius 3 is 2.50 bits per heavy atom. The van der Waals surface area contributed by atoms with E-state index in [4.69, 9.17) is 0 Å². The summed E-state index contributed by atoms with van der Waals surface area (Å²) in [6, 6.07) is 16.8. The Morgan fingerprint density at radius 1 is 1.11 bits per heavy atom. The average Bonchev–Trinajstić information content (AvgIpc) is 2.91. The van der Waals surface area contributed by atoms with E-state index in [2.05, 4.69) is 21.2 Å². The van der Waals surface area contributed by atoms with Crippen LogP contribution in [0.5, 0.6) is 0 Å². The molecule has 28 heavy (non-hydrogen) atoms. The number of nitrogens with zero attached hydrogens (tertiary/aromatic N) is 1. The van der Waals surface area contributed by atoms with Crippen LogP contribution in [0.25, 0.3) is 6.08 Å². The maximum absolute atomic E-state index is 12.6. The van der Waals surface area contributed by atoms with Crippen molar-refractivity contribution in [1.82, 2.24) is 4.90 Å². The van der Waals surface area contributed by atoms with Gasteiger partial charge in [0.05, 0.1) is 10.6 Å². The number of carbonyl (C=O) groups excluding carboxylic acids is 3. The van der Waals surface area contributed by atoms with Gasteiger partial charge in [-0.05, 0) is 64.0 Å². The Hall–Kier alpha value is -2.64. The number of allylic oxidation sites excluding steroid dienone is 2. The third kappa shape index (κ3) is 4.99. The first-order valence-electron chi connectivity index (χ1n) is 8.47. The number of carbonyl (C=O) groups is 3. The van der Waals surface area contributed by atoms with Crippen molar-refractivity contribution in [2.24, 2.45) is 0 Å². The smallest absolute Gasteiger partial charge is 0.294 e. The standard InChI is InChI=1S/C21H17BrN2O3S/c1-14(11-15-7-3-2-4-8-15)12-18-20(26)24(21(27)28-18)13-19(25)23-17-10-6-5-9-16(17)22/h2-12H,13H2,1H3,(H,23,25)/b14-11+,18-12+. The first kappa shape index (κ1) is 20.1. The highest BCUT2D eigenvalue weighted by atomic mass is 79.9. The molecule has 1 N–H and O–H groups in total. The van der Waals surface area contributed by atoms with Crippen LogP contribution in [0.4, 0.5) is 10.5 Å². The second-order valence-corrected chi connectivity index (χ2v) is 7.94. The van der Waals surface area contributed by atoms with Crippen molar-refractivity contribution in [3.8, 4) is 0 Å². The second kappa shape index (κ2) is 9.03. The summed E-state index contributed by atoms with van der Waals surface area (Å²) in [6.07, 6.45) is 3.59. The SMILES string of the molecule is CC(=C\c1ccccc1)/C=C1/SC(=O)N(CC(=O)Nc2ccccc2Br)C1=O. The van der Waals surface area contributed by atoms with Gasteiger partial charge in [-0.15, -0.1) is 0 Å². The topological polar surface area (TPSA) is 66.5 Å². The molecule has 0 atom stereocenters. The number of halogens is 1. The van der Waals surface area contributed by atoms with Gasteiger partial charge in [-0.2, -0.15) is 0 Å². The first-order chi connectivity index (χ1) is 13.4. The predicted molar refractivity (Wildman–Crippen MR) is 116 cm³/mol. The Balaban J connectivity index is 1.68. The van der Waals surface area contributed by atoms with Crippen LogP contribution in [0.15, 0.2) is 75.6 Å². The molecule has 142 valence electrons. The van der Waals surface area contributed by atoms with E-state index in [9.17, 15) is 14.4 Å². The Bertz CT molecular complexity index is 986. The summed E-state index contributed by atoms with van der Waals surface area (Å²) in [6.45, 7) is 1.53. The molecule has 0 unspecified atom stereocenters. The van der Waals surface area contributed by atoms with Gasteiger partial charge in [-0.3, -0.25) is 19.3 Å².